The minimum atomic E-state index is -0.0588. The van der Waals surface area contributed by atoms with Gasteiger partial charge in [-0.05, 0) is 35.2 Å². The maximum atomic E-state index is 12.8. The SMILES string of the molecule is O=C(NCc1ccc(N2CCOCC2)nc1)c1ccccc1SCc1cccs1. The highest BCUT2D eigenvalue weighted by Crippen LogP contribution is 2.28. The fourth-order valence-corrected chi connectivity index (χ4v) is 4.93. The lowest BCUT2D eigenvalue weighted by molar-refractivity contribution is 0.0948. The van der Waals surface area contributed by atoms with Crippen LogP contribution in [0.15, 0.2) is 65.0 Å². The predicted octanol–water partition coefficient (Wildman–Crippen LogP) is 4.20. The van der Waals surface area contributed by atoms with Crippen molar-refractivity contribution in [1.29, 1.82) is 0 Å². The van der Waals surface area contributed by atoms with E-state index in [1.165, 1.54) is 4.88 Å². The van der Waals surface area contributed by atoms with Gasteiger partial charge in [0.25, 0.3) is 5.91 Å². The van der Waals surface area contributed by atoms with Crippen LogP contribution in [0.25, 0.3) is 0 Å². The molecule has 4 rings (SSSR count). The van der Waals surface area contributed by atoms with E-state index in [1.54, 1.807) is 23.1 Å². The van der Waals surface area contributed by atoms with Crippen LogP contribution in [0, 0.1) is 0 Å². The van der Waals surface area contributed by atoms with Gasteiger partial charge in [-0.1, -0.05) is 24.3 Å². The third-order valence-corrected chi connectivity index (χ3v) is 6.86. The van der Waals surface area contributed by atoms with Crippen LogP contribution in [0.1, 0.15) is 20.8 Å². The summed E-state index contributed by atoms with van der Waals surface area (Å²) < 4.78 is 5.38. The first-order chi connectivity index (χ1) is 14.3. The van der Waals surface area contributed by atoms with E-state index < -0.39 is 0 Å². The minimum absolute atomic E-state index is 0.0588. The van der Waals surface area contributed by atoms with Gasteiger partial charge in [-0.2, -0.15) is 0 Å². The molecule has 0 radical (unpaired) electrons. The normalized spacial score (nSPS) is 14.0. The van der Waals surface area contributed by atoms with Crippen molar-refractivity contribution in [2.75, 3.05) is 31.2 Å². The Morgan fingerprint density at radius 2 is 2.00 bits per heavy atom. The number of nitrogens with zero attached hydrogens (tertiary/aromatic N) is 2. The summed E-state index contributed by atoms with van der Waals surface area (Å²) in [5.41, 5.74) is 1.70. The number of thioether (sulfide) groups is 1. The molecule has 3 heterocycles. The Balaban J connectivity index is 1.34. The summed E-state index contributed by atoms with van der Waals surface area (Å²) in [6.45, 7) is 3.66. The number of carbonyl (C=O) groups is 1. The van der Waals surface area contributed by atoms with Crippen molar-refractivity contribution in [2.24, 2.45) is 0 Å². The second-order valence-electron chi connectivity index (χ2n) is 6.67. The third-order valence-electron chi connectivity index (χ3n) is 4.68. The van der Waals surface area contributed by atoms with Crippen molar-refractivity contribution in [3.8, 4) is 0 Å². The van der Waals surface area contributed by atoms with E-state index in [0.29, 0.717) is 12.1 Å². The summed E-state index contributed by atoms with van der Waals surface area (Å²) in [5, 5.41) is 5.10. The average Bonchev–Trinajstić information content (AvgIpc) is 3.31. The summed E-state index contributed by atoms with van der Waals surface area (Å²) in [4.78, 5) is 21.8. The first-order valence-electron chi connectivity index (χ1n) is 9.59. The van der Waals surface area contributed by atoms with Gasteiger partial charge in [0.05, 0.1) is 18.8 Å². The fraction of sp³-hybridized carbons (Fsp3) is 0.273. The molecule has 0 spiro atoms. The second-order valence-corrected chi connectivity index (χ2v) is 8.72. The number of anilines is 1. The first-order valence-corrected chi connectivity index (χ1v) is 11.5. The van der Waals surface area contributed by atoms with Crippen LogP contribution in [0.4, 0.5) is 5.82 Å². The third kappa shape index (κ3) is 5.38. The molecule has 7 heteroatoms. The molecule has 1 aromatic carbocycles. The van der Waals surface area contributed by atoms with Gasteiger partial charge in [0, 0.05) is 41.4 Å². The van der Waals surface area contributed by atoms with Gasteiger partial charge in [0.15, 0.2) is 0 Å². The molecule has 1 N–H and O–H groups in total. The Hall–Kier alpha value is -2.35. The molecule has 2 aromatic heterocycles. The summed E-state index contributed by atoms with van der Waals surface area (Å²) in [5.74, 6) is 1.77. The van der Waals surface area contributed by atoms with Crippen molar-refractivity contribution < 1.29 is 9.53 Å². The molecule has 0 bridgehead atoms. The van der Waals surface area contributed by atoms with Crippen LogP contribution < -0.4 is 10.2 Å². The quantitative estimate of drug-likeness (QED) is 0.575. The van der Waals surface area contributed by atoms with Crippen LogP contribution in [0.5, 0.6) is 0 Å². The predicted molar refractivity (Wildman–Crippen MR) is 119 cm³/mol. The number of thiophene rings is 1. The van der Waals surface area contributed by atoms with E-state index in [-0.39, 0.29) is 5.91 Å². The molecule has 1 aliphatic rings. The van der Waals surface area contributed by atoms with Gasteiger partial charge in [0.2, 0.25) is 0 Å². The molecule has 29 heavy (non-hydrogen) atoms. The van der Waals surface area contributed by atoms with Gasteiger partial charge in [-0.15, -0.1) is 23.1 Å². The molecule has 0 aliphatic carbocycles. The van der Waals surface area contributed by atoms with Crippen molar-refractivity contribution in [1.82, 2.24) is 10.3 Å². The summed E-state index contributed by atoms with van der Waals surface area (Å²) >= 11 is 3.43. The van der Waals surface area contributed by atoms with Crippen LogP contribution in [-0.2, 0) is 17.0 Å². The summed E-state index contributed by atoms with van der Waals surface area (Å²) in [7, 11) is 0. The number of pyridine rings is 1. The smallest absolute Gasteiger partial charge is 0.252 e. The zero-order valence-corrected chi connectivity index (χ0v) is 17.7. The van der Waals surface area contributed by atoms with Gasteiger partial charge in [-0.3, -0.25) is 4.79 Å². The Kier molecular flexibility index (Phi) is 6.82. The number of aromatic nitrogens is 1. The van der Waals surface area contributed by atoms with Crippen molar-refractivity contribution in [2.45, 2.75) is 17.2 Å². The maximum Gasteiger partial charge on any atom is 0.252 e. The lowest BCUT2D eigenvalue weighted by atomic mass is 10.2. The van der Waals surface area contributed by atoms with E-state index in [9.17, 15) is 4.79 Å². The van der Waals surface area contributed by atoms with E-state index in [2.05, 4.69) is 32.7 Å². The molecule has 0 unspecified atom stereocenters. The Labute approximate surface area is 179 Å². The van der Waals surface area contributed by atoms with Crippen molar-refractivity contribution >= 4 is 34.8 Å². The number of nitrogens with one attached hydrogen (secondary N) is 1. The number of rotatable bonds is 7. The largest absolute Gasteiger partial charge is 0.378 e. The zero-order valence-electron chi connectivity index (χ0n) is 16.0. The van der Waals surface area contributed by atoms with E-state index in [4.69, 9.17) is 4.74 Å². The zero-order chi connectivity index (χ0) is 19.9. The highest BCUT2D eigenvalue weighted by Gasteiger charge is 2.13. The number of amides is 1. The van der Waals surface area contributed by atoms with Gasteiger partial charge in [0.1, 0.15) is 5.82 Å². The Bertz CT molecular complexity index is 923. The van der Waals surface area contributed by atoms with E-state index in [0.717, 1.165) is 48.3 Å². The fourth-order valence-electron chi connectivity index (χ4n) is 3.10. The highest BCUT2D eigenvalue weighted by molar-refractivity contribution is 7.98. The molecule has 5 nitrogen and oxygen atoms in total. The lowest BCUT2D eigenvalue weighted by Gasteiger charge is -2.27. The number of morpholine rings is 1. The molecular weight excluding hydrogens is 402 g/mol. The molecular formula is C22H23N3O2S2. The monoisotopic (exact) mass is 425 g/mol. The van der Waals surface area contributed by atoms with E-state index in [1.807, 2.05) is 42.6 Å². The van der Waals surface area contributed by atoms with E-state index >= 15 is 0 Å². The standard InChI is InChI=1S/C22H23N3O2S2/c26-22(19-5-1-2-6-20(19)29-16-18-4-3-13-28-18)24-15-17-7-8-21(23-14-17)25-9-11-27-12-10-25/h1-8,13-14H,9-12,15-16H2,(H,24,26). The number of hydrogen-bond donors (Lipinski definition) is 1. The number of ether oxygens (including phenoxy) is 1. The topological polar surface area (TPSA) is 54.5 Å². The van der Waals surface area contributed by atoms with Crippen molar-refractivity contribution in [3.63, 3.8) is 0 Å². The molecule has 1 fully saturated rings. The number of hydrogen-bond acceptors (Lipinski definition) is 6. The lowest BCUT2D eigenvalue weighted by Crippen LogP contribution is -2.36. The van der Waals surface area contributed by atoms with Crippen LogP contribution >= 0.6 is 23.1 Å². The van der Waals surface area contributed by atoms with Crippen LogP contribution in [-0.4, -0.2) is 37.2 Å². The maximum absolute atomic E-state index is 12.8. The molecule has 0 atom stereocenters. The van der Waals surface area contributed by atoms with Gasteiger partial charge < -0.3 is 15.0 Å². The molecule has 1 amide bonds. The molecule has 3 aromatic rings. The minimum Gasteiger partial charge on any atom is -0.378 e. The number of benzene rings is 1. The molecule has 1 saturated heterocycles. The average molecular weight is 426 g/mol. The van der Waals surface area contributed by atoms with Crippen molar-refractivity contribution in [3.05, 3.63) is 76.1 Å². The van der Waals surface area contributed by atoms with Gasteiger partial charge in [-0.25, -0.2) is 4.98 Å². The molecule has 1 aliphatic heterocycles. The number of carbonyl (C=O) groups excluding carboxylic acids is 1. The molecule has 0 saturated carbocycles. The first kappa shape index (κ1) is 19.9. The second kappa shape index (κ2) is 9.91. The Morgan fingerprint density at radius 1 is 1.14 bits per heavy atom. The van der Waals surface area contributed by atoms with Crippen LogP contribution in [0.2, 0.25) is 0 Å². The van der Waals surface area contributed by atoms with Gasteiger partial charge >= 0.3 is 0 Å². The molecule has 150 valence electrons. The van der Waals surface area contributed by atoms with Crippen LogP contribution in [0.3, 0.4) is 0 Å². The highest BCUT2D eigenvalue weighted by atomic mass is 32.2. The summed E-state index contributed by atoms with van der Waals surface area (Å²) in [6, 6.07) is 16.0. The summed E-state index contributed by atoms with van der Waals surface area (Å²) in [6.07, 6.45) is 1.84. The Morgan fingerprint density at radius 3 is 2.76 bits per heavy atom.